The maximum absolute atomic E-state index is 12.6. The van der Waals surface area contributed by atoms with Crippen molar-refractivity contribution in [3.05, 3.63) is 35.9 Å². The van der Waals surface area contributed by atoms with Crippen LogP contribution in [0.4, 0.5) is 0 Å². The van der Waals surface area contributed by atoms with Gasteiger partial charge in [-0.2, -0.15) is 0 Å². The summed E-state index contributed by atoms with van der Waals surface area (Å²) in [7, 11) is 0. The zero-order valence-corrected chi connectivity index (χ0v) is 13.3. The van der Waals surface area contributed by atoms with Crippen molar-refractivity contribution in [2.45, 2.75) is 31.8 Å². The molecule has 1 amide bonds. The molecule has 1 heterocycles. The van der Waals surface area contributed by atoms with Crippen LogP contribution in [0.5, 0.6) is 0 Å². The quantitative estimate of drug-likeness (QED) is 0.900. The fraction of sp³-hybridized carbons (Fsp3) is 0.611. The smallest absolute Gasteiger partial charge is 0.226 e. The van der Waals surface area contributed by atoms with Crippen molar-refractivity contribution in [3.8, 4) is 0 Å². The summed E-state index contributed by atoms with van der Waals surface area (Å²) in [6, 6.07) is 10.4. The zero-order valence-electron chi connectivity index (χ0n) is 13.3. The number of benzene rings is 1. The van der Waals surface area contributed by atoms with Gasteiger partial charge in [0.25, 0.3) is 0 Å². The second-order valence-electron chi connectivity index (χ2n) is 6.55. The van der Waals surface area contributed by atoms with E-state index in [0.29, 0.717) is 11.8 Å². The summed E-state index contributed by atoms with van der Waals surface area (Å²) in [5.74, 6) is 0.938. The second kappa shape index (κ2) is 6.80. The number of hydrogen-bond donors (Lipinski definition) is 1. The van der Waals surface area contributed by atoms with Gasteiger partial charge in [-0.3, -0.25) is 9.69 Å². The Kier molecular flexibility index (Phi) is 4.79. The van der Waals surface area contributed by atoms with E-state index < -0.39 is 0 Å². The average Bonchev–Trinajstić information content (AvgIpc) is 3.36. The normalized spacial score (nSPS) is 26.7. The van der Waals surface area contributed by atoms with Crippen LogP contribution < -0.4 is 0 Å². The van der Waals surface area contributed by atoms with Crippen LogP contribution >= 0.6 is 0 Å². The summed E-state index contributed by atoms with van der Waals surface area (Å²) in [6.07, 6.45) is 1.55. The van der Waals surface area contributed by atoms with E-state index in [9.17, 15) is 9.90 Å². The Hall–Kier alpha value is -1.39. The number of β-amino-alcohol motifs (C(OH)–C–C–N with tert-alkyl or cyclic N) is 1. The van der Waals surface area contributed by atoms with Gasteiger partial charge in [0.05, 0.1) is 6.10 Å². The van der Waals surface area contributed by atoms with Crippen molar-refractivity contribution < 1.29 is 9.90 Å². The molecule has 1 aliphatic carbocycles. The third-order valence-electron chi connectivity index (χ3n) is 4.96. The third kappa shape index (κ3) is 3.50. The van der Waals surface area contributed by atoms with Gasteiger partial charge < -0.3 is 10.0 Å². The van der Waals surface area contributed by atoms with Crippen molar-refractivity contribution in [3.63, 3.8) is 0 Å². The highest BCUT2D eigenvalue weighted by Crippen LogP contribution is 2.48. The van der Waals surface area contributed by atoms with E-state index in [4.69, 9.17) is 0 Å². The lowest BCUT2D eigenvalue weighted by Crippen LogP contribution is -2.50. The third-order valence-corrected chi connectivity index (χ3v) is 4.96. The number of aliphatic hydroxyl groups excluding tert-OH is 1. The SMILES string of the molecule is CC[C@H](O)CN1CCN(C(=O)[C@@H]2C[C@@H]2c2ccccc2)CC1. The lowest BCUT2D eigenvalue weighted by Gasteiger charge is -2.35. The Morgan fingerprint density at radius 3 is 2.55 bits per heavy atom. The first-order valence-corrected chi connectivity index (χ1v) is 8.43. The summed E-state index contributed by atoms with van der Waals surface area (Å²) < 4.78 is 0. The zero-order chi connectivity index (χ0) is 15.5. The molecular weight excluding hydrogens is 276 g/mol. The molecule has 0 radical (unpaired) electrons. The number of carbonyl (C=O) groups excluding carboxylic acids is 1. The molecule has 0 bridgehead atoms. The van der Waals surface area contributed by atoms with E-state index in [1.807, 2.05) is 30.0 Å². The van der Waals surface area contributed by atoms with E-state index in [0.717, 1.165) is 45.6 Å². The van der Waals surface area contributed by atoms with E-state index >= 15 is 0 Å². The minimum absolute atomic E-state index is 0.190. The minimum Gasteiger partial charge on any atom is -0.392 e. The second-order valence-corrected chi connectivity index (χ2v) is 6.55. The number of piperazine rings is 1. The molecule has 1 aliphatic heterocycles. The number of amides is 1. The Bertz CT molecular complexity index is 497. The Labute approximate surface area is 132 Å². The van der Waals surface area contributed by atoms with Gasteiger partial charge >= 0.3 is 0 Å². The van der Waals surface area contributed by atoms with Gasteiger partial charge in [-0.05, 0) is 24.3 Å². The first-order valence-electron chi connectivity index (χ1n) is 8.43. The van der Waals surface area contributed by atoms with Crippen LogP contribution in [0.1, 0.15) is 31.2 Å². The molecule has 1 aromatic rings. The molecule has 2 aliphatic rings. The number of rotatable bonds is 5. The summed E-state index contributed by atoms with van der Waals surface area (Å²) >= 11 is 0. The highest BCUT2D eigenvalue weighted by atomic mass is 16.3. The Morgan fingerprint density at radius 2 is 1.91 bits per heavy atom. The fourth-order valence-electron chi connectivity index (χ4n) is 3.35. The fourth-order valence-corrected chi connectivity index (χ4v) is 3.35. The molecule has 22 heavy (non-hydrogen) atoms. The van der Waals surface area contributed by atoms with Crippen LogP contribution in [-0.2, 0) is 4.79 Å². The largest absolute Gasteiger partial charge is 0.392 e. The molecule has 4 nitrogen and oxygen atoms in total. The topological polar surface area (TPSA) is 43.8 Å². The van der Waals surface area contributed by atoms with E-state index in [1.54, 1.807) is 0 Å². The number of nitrogens with zero attached hydrogens (tertiary/aromatic N) is 2. The van der Waals surface area contributed by atoms with Crippen molar-refractivity contribution >= 4 is 5.91 Å². The molecular formula is C18H26N2O2. The predicted molar refractivity (Wildman–Crippen MR) is 86.6 cm³/mol. The van der Waals surface area contributed by atoms with Gasteiger partial charge in [0, 0.05) is 38.6 Å². The molecule has 0 spiro atoms. The van der Waals surface area contributed by atoms with Crippen LogP contribution in [-0.4, -0.2) is 59.6 Å². The van der Waals surface area contributed by atoms with Gasteiger partial charge in [-0.1, -0.05) is 37.3 Å². The maximum Gasteiger partial charge on any atom is 0.226 e. The van der Waals surface area contributed by atoms with E-state index in [1.165, 1.54) is 5.56 Å². The highest BCUT2D eigenvalue weighted by molar-refractivity contribution is 5.83. The highest BCUT2D eigenvalue weighted by Gasteiger charge is 2.45. The van der Waals surface area contributed by atoms with Crippen LogP contribution in [0, 0.1) is 5.92 Å². The summed E-state index contributed by atoms with van der Waals surface area (Å²) in [6.45, 7) is 6.09. The van der Waals surface area contributed by atoms with Crippen molar-refractivity contribution in [1.29, 1.82) is 0 Å². The van der Waals surface area contributed by atoms with E-state index in [2.05, 4.69) is 17.0 Å². The van der Waals surface area contributed by atoms with Gasteiger partial charge in [0.1, 0.15) is 0 Å². The molecule has 3 rings (SSSR count). The van der Waals surface area contributed by atoms with Crippen LogP contribution in [0.25, 0.3) is 0 Å². The molecule has 2 fully saturated rings. The first-order chi connectivity index (χ1) is 10.7. The van der Waals surface area contributed by atoms with Crippen molar-refractivity contribution in [2.75, 3.05) is 32.7 Å². The lowest BCUT2D eigenvalue weighted by molar-refractivity contribution is -0.134. The van der Waals surface area contributed by atoms with Crippen LogP contribution in [0.3, 0.4) is 0 Å². The van der Waals surface area contributed by atoms with Crippen molar-refractivity contribution in [2.24, 2.45) is 5.92 Å². The number of hydrogen-bond acceptors (Lipinski definition) is 3. The van der Waals surface area contributed by atoms with Gasteiger partial charge in [0.2, 0.25) is 5.91 Å². The van der Waals surface area contributed by atoms with Gasteiger partial charge in [-0.15, -0.1) is 0 Å². The average molecular weight is 302 g/mol. The lowest BCUT2D eigenvalue weighted by atomic mass is 10.1. The van der Waals surface area contributed by atoms with Gasteiger partial charge in [-0.25, -0.2) is 0 Å². The monoisotopic (exact) mass is 302 g/mol. The van der Waals surface area contributed by atoms with Crippen LogP contribution in [0.15, 0.2) is 30.3 Å². The summed E-state index contributed by atoms with van der Waals surface area (Å²) in [4.78, 5) is 16.9. The van der Waals surface area contributed by atoms with Gasteiger partial charge in [0.15, 0.2) is 0 Å². The van der Waals surface area contributed by atoms with Crippen LogP contribution in [0.2, 0.25) is 0 Å². The number of carbonyl (C=O) groups is 1. The molecule has 3 atom stereocenters. The molecule has 1 saturated carbocycles. The molecule has 1 aromatic carbocycles. The van der Waals surface area contributed by atoms with Crippen molar-refractivity contribution in [1.82, 2.24) is 9.80 Å². The molecule has 120 valence electrons. The molecule has 1 N–H and O–H groups in total. The first kappa shape index (κ1) is 15.5. The Morgan fingerprint density at radius 1 is 1.23 bits per heavy atom. The standard InChI is InChI=1S/C18H26N2O2/c1-2-15(21)13-19-8-10-20(11-9-19)18(22)17-12-16(17)14-6-4-3-5-7-14/h3-7,15-17,21H,2,8-13H2,1H3/t15-,16+,17+/m0/s1. The maximum atomic E-state index is 12.6. The van der Waals surface area contributed by atoms with E-state index in [-0.39, 0.29) is 12.0 Å². The molecule has 4 heteroatoms. The summed E-state index contributed by atoms with van der Waals surface area (Å²) in [5, 5.41) is 9.72. The predicted octanol–water partition coefficient (Wildman–Crippen LogP) is 1.71. The molecule has 1 saturated heterocycles. The number of aliphatic hydroxyl groups is 1. The summed E-state index contributed by atoms with van der Waals surface area (Å²) in [5.41, 5.74) is 1.30. The molecule has 0 unspecified atom stereocenters. The minimum atomic E-state index is -0.242. The Balaban J connectivity index is 1.47. The molecule has 0 aromatic heterocycles.